The maximum absolute atomic E-state index is 8.76. The summed E-state index contributed by atoms with van der Waals surface area (Å²) in [5.74, 6) is 0. The smallest absolute Gasteiger partial charge is 0.0522 e. The summed E-state index contributed by atoms with van der Waals surface area (Å²) in [5.41, 5.74) is 5.48. The minimum Gasteiger partial charge on any atom is -0.396 e. The Morgan fingerprint density at radius 1 is 1.43 bits per heavy atom. The highest BCUT2D eigenvalue weighted by Crippen LogP contribution is 2.13. The average molecular weight is 194 g/mol. The van der Waals surface area contributed by atoms with Gasteiger partial charge in [-0.05, 0) is 31.0 Å². The van der Waals surface area contributed by atoms with Crippen molar-refractivity contribution in [3.05, 3.63) is 29.8 Å². The van der Waals surface area contributed by atoms with Crippen LogP contribution in [-0.4, -0.2) is 25.3 Å². The monoisotopic (exact) mass is 194 g/mol. The van der Waals surface area contributed by atoms with E-state index in [1.807, 2.05) is 18.1 Å². The zero-order chi connectivity index (χ0) is 10.4. The van der Waals surface area contributed by atoms with Crippen LogP contribution in [0.5, 0.6) is 0 Å². The molecule has 0 bridgehead atoms. The van der Waals surface area contributed by atoms with Gasteiger partial charge in [0.1, 0.15) is 0 Å². The van der Waals surface area contributed by atoms with Gasteiger partial charge in [-0.1, -0.05) is 12.1 Å². The molecule has 0 heterocycles. The van der Waals surface area contributed by atoms with Gasteiger partial charge in [0.2, 0.25) is 0 Å². The summed E-state index contributed by atoms with van der Waals surface area (Å²) in [6.45, 7) is 3.11. The average Bonchev–Trinajstić information content (AvgIpc) is 2.19. The van der Waals surface area contributed by atoms with Gasteiger partial charge < -0.3 is 10.1 Å². The second-order valence-corrected chi connectivity index (χ2v) is 3.29. The number of hydrogen-bond acceptors (Lipinski definition) is 3. The maximum Gasteiger partial charge on any atom is 0.0522 e. The van der Waals surface area contributed by atoms with Gasteiger partial charge in [0.25, 0.3) is 0 Å². The van der Waals surface area contributed by atoms with E-state index in [0.717, 1.165) is 18.7 Å². The summed E-state index contributed by atoms with van der Waals surface area (Å²) in [4.78, 5) is 0. The Labute approximate surface area is 85.3 Å². The molecule has 0 radical (unpaired) electrons. The van der Waals surface area contributed by atoms with Crippen molar-refractivity contribution in [3.8, 4) is 0 Å². The van der Waals surface area contributed by atoms with Crippen molar-refractivity contribution in [1.29, 1.82) is 0 Å². The van der Waals surface area contributed by atoms with E-state index in [9.17, 15) is 0 Å². The molecule has 0 saturated carbocycles. The lowest BCUT2D eigenvalue weighted by atomic mass is 10.2. The molecule has 14 heavy (non-hydrogen) atoms. The first-order chi connectivity index (χ1) is 6.77. The molecule has 2 N–H and O–H groups in total. The predicted octanol–water partition coefficient (Wildman–Crippen LogP) is 1.32. The van der Waals surface area contributed by atoms with Gasteiger partial charge >= 0.3 is 0 Å². The summed E-state index contributed by atoms with van der Waals surface area (Å²) in [6, 6.07) is 8.28. The van der Waals surface area contributed by atoms with E-state index in [4.69, 9.17) is 5.11 Å². The van der Waals surface area contributed by atoms with Crippen LogP contribution in [0.4, 0.5) is 5.69 Å². The number of hydrogen-bond donors (Lipinski definition) is 2. The van der Waals surface area contributed by atoms with E-state index in [2.05, 4.69) is 30.5 Å². The zero-order valence-electron chi connectivity index (χ0n) is 8.83. The topological polar surface area (TPSA) is 35.5 Å². The van der Waals surface area contributed by atoms with Crippen LogP contribution in [-0.2, 0) is 0 Å². The minimum absolute atomic E-state index is 0.226. The van der Waals surface area contributed by atoms with Crippen molar-refractivity contribution in [2.75, 3.05) is 25.2 Å². The standard InChI is InChI=1S/C11H18N2O/c1-10-5-3-6-11(9-10)13(12-2)7-4-8-14/h3,5-6,9,12,14H,4,7-8H2,1-2H3. The molecule has 78 valence electrons. The number of benzene rings is 1. The molecule has 0 aromatic heterocycles. The van der Waals surface area contributed by atoms with Crippen molar-refractivity contribution in [1.82, 2.24) is 5.43 Å². The number of anilines is 1. The molecule has 1 aromatic rings. The molecule has 0 aliphatic heterocycles. The fourth-order valence-corrected chi connectivity index (χ4v) is 1.39. The van der Waals surface area contributed by atoms with Gasteiger partial charge in [-0.2, -0.15) is 0 Å². The lowest BCUT2D eigenvalue weighted by molar-refractivity contribution is 0.288. The lowest BCUT2D eigenvalue weighted by Gasteiger charge is -2.23. The summed E-state index contributed by atoms with van der Waals surface area (Å²) in [6.07, 6.45) is 0.773. The number of aliphatic hydroxyl groups excluding tert-OH is 1. The summed E-state index contributed by atoms with van der Waals surface area (Å²) < 4.78 is 0. The quantitative estimate of drug-likeness (QED) is 0.694. The minimum atomic E-state index is 0.226. The zero-order valence-corrected chi connectivity index (χ0v) is 8.83. The fraction of sp³-hybridized carbons (Fsp3) is 0.455. The van der Waals surface area contributed by atoms with E-state index in [1.54, 1.807) is 0 Å². The predicted molar refractivity (Wildman–Crippen MR) is 59.3 cm³/mol. The van der Waals surface area contributed by atoms with Crippen molar-refractivity contribution >= 4 is 5.69 Å². The Hall–Kier alpha value is -1.06. The molecule has 0 fully saturated rings. The first-order valence-electron chi connectivity index (χ1n) is 4.90. The second-order valence-electron chi connectivity index (χ2n) is 3.29. The highest BCUT2D eigenvalue weighted by molar-refractivity contribution is 5.47. The molecule has 3 heteroatoms. The molecule has 0 saturated heterocycles. The van der Waals surface area contributed by atoms with Gasteiger partial charge in [0.05, 0.1) is 5.69 Å². The number of aliphatic hydroxyl groups is 1. The van der Waals surface area contributed by atoms with Crippen LogP contribution in [0, 0.1) is 6.92 Å². The van der Waals surface area contributed by atoms with E-state index >= 15 is 0 Å². The molecule has 0 spiro atoms. The van der Waals surface area contributed by atoms with Crippen molar-refractivity contribution < 1.29 is 5.11 Å². The van der Waals surface area contributed by atoms with Gasteiger partial charge in [-0.3, -0.25) is 0 Å². The SMILES string of the molecule is CNN(CCCO)c1cccc(C)c1. The largest absolute Gasteiger partial charge is 0.396 e. The van der Waals surface area contributed by atoms with Crippen LogP contribution in [0.2, 0.25) is 0 Å². The molecule has 0 aliphatic rings. The Morgan fingerprint density at radius 2 is 2.21 bits per heavy atom. The third-order valence-electron chi connectivity index (χ3n) is 2.12. The van der Waals surface area contributed by atoms with Crippen LogP contribution in [0.3, 0.4) is 0 Å². The van der Waals surface area contributed by atoms with Gasteiger partial charge in [-0.25, -0.2) is 5.43 Å². The molecular formula is C11H18N2O. The lowest BCUT2D eigenvalue weighted by Crippen LogP contribution is -2.36. The third-order valence-corrected chi connectivity index (χ3v) is 2.12. The van der Waals surface area contributed by atoms with E-state index in [-0.39, 0.29) is 6.61 Å². The molecule has 0 atom stereocenters. The van der Waals surface area contributed by atoms with Gasteiger partial charge in [0, 0.05) is 20.2 Å². The Bertz CT molecular complexity index is 276. The van der Waals surface area contributed by atoms with Crippen molar-refractivity contribution in [3.63, 3.8) is 0 Å². The molecule has 0 amide bonds. The number of nitrogens with zero attached hydrogens (tertiary/aromatic N) is 1. The summed E-state index contributed by atoms with van der Waals surface area (Å²) in [5, 5.41) is 10.8. The molecule has 1 aromatic carbocycles. The van der Waals surface area contributed by atoms with E-state index < -0.39 is 0 Å². The Kier molecular flexibility index (Phi) is 4.43. The Balaban J connectivity index is 2.68. The number of nitrogens with one attached hydrogen (secondary N) is 1. The number of aryl methyl sites for hydroxylation is 1. The molecular weight excluding hydrogens is 176 g/mol. The first-order valence-corrected chi connectivity index (χ1v) is 4.90. The van der Waals surface area contributed by atoms with Crippen LogP contribution in [0.25, 0.3) is 0 Å². The maximum atomic E-state index is 8.76. The molecule has 1 rings (SSSR count). The fourth-order valence-electron chi connectivity index (χ4n) is 1.39. The molecule has 3 nitrogen and oxygen atoms in total. The highest BCUT2D eigenvalue weighted by Gasteiger charge is 2.02. The van der Waals surface area contributed by atoms with Crippen LogP contribution < -0.4 is 10.4 Å². The summed E-state index contributed by atoms with van der Waals surface area (Å²) >= 11 is 0. The number of rotatable bonds is 5. The van der Waals surface area contributed by atoms with Gasteiger partial charge in [0.15, 0.2) is 0 Å². The third kappa shape index (κ3) is 3.01. The first kappa shape index (κ1) is 11.0. The molecule has 0 aliphatic carbocycles. The van der Waals surface area contributed by atoms with Crippen molar-refractivity contribution in [2.45, 2.75) is 13.3 Å². The van der Waals surface area contributed by atoms with E-state index in [0.29, 0.717) is 0 Å². The summed E-state index contributed by atoms with van der Waals surface area (Å²) in [7, 11) is 1.89. The van der Waals surface area contributed by atoms with Crippen LogP contribution in [0.1, 0.15) is 12.0 Å². The van der Waals surface area contributed by atoms with Gasteiger partial charge in [-0.15, -0.1) is 0 Å². The van der Waals surface area contributed by atoms with Crippen molar-refractivity contribution in [2.24, 2.45) is 0 Å². The normalized spacial score (nSPS) is 10.2. The molecule has 0 unspecified atom stereocenters. The van der Waals surface area contributed by atoms with E-state index in [1.165, 1.54) is 5.56 Å². The second kappa shape index (κ2) is 5.62. The Morgan fingerprint density at radius 3 is 2.79 bits per heavy atom. The highest BCUT2D eigenvalue weighted by atomic mass is 16.3. The van der Waals surface area contributed by atoms with Crippen LogP contribution in [0.15, 0.2) is 24.3 Å². The van der Waals surface area contributed by atoms with Crippen LogP contribution >= 0.6 is 0 Å². The number of hydrazine groups is 1.